The van der Waals surface area contributed by atoms with E-state index >= 15 is 0 Å². The second kappa shape index (κ2) is 8.92. The van der Waals surface area contributed by atoms with Crippen molar-refractivity contribution in [1.82, 2.24) is 14.8 Å². The molecule has 0 saturated heterocycles. The Morgan fingerprint density at radius 1 is 1.12 bits per heavy atom. The van der Waals surface area contributed by atoms with E-state index in [1.54, 1.807) is 0 Å². The fraction of sp³-hybridized carbons (Fsp3) is 0.400. The van der Waals surface area contributed by atoms with Crippen LogP contribution in [0.3, 0.4) is 0 Å². The van der Waals surface area contributed by atoms with Gasteiger partial charge in [-0.05, 0) is 82.5 Å². The van der Waals surface area contributed by atoms with Gasteiger partial charge in [0.05, 0.1) is 11.7 Å². The number of nitrogens with one attached hydrogen (secondary N) is 1. The zero-order chi connectivity index (χ0) is 18.4. The highest BCUT2D eigenvalue weighted by Gasteiger charge is 2.20. The summed E-state index contributed by atoms with van der Waals surface area (Å²) in [7, 11) is 4.15. The molecule has 2 aromatic rings. The lowest BCUT2D eigenvalue weighted by Gasteiger charge is -2.32. The SMILES string of the molecule is Cc1cc(C)cc(NC(=S)N(CCN(C)C)C(C)c2ccccn2)c1. The zero-order valence-electron chi connectivity index (χ0n) is 15.8. The Morgan fingerprint density at radius 3 is 2.36 bits per heavy atom. The first kappa shape index (κ1) is 19.3. The Labute approximate surface area is 156 Å². The Hall–Kier alpha value is -1.98. The summed E-state index contributed by atoms with van der Waals surface area (Å²) < 4.78 is 0. The standard InChI is InChI=1S/C20H28N4S/c1-15-12-16(2)14-18(13-15)22-20(25)24(11-10-23(4)5)17(3)19-8-6-7-9-21-19/h6-9,12-14,17H,10-11H2,1-5H3,(H,22,25). The number of thiocarbonyl (C=S) groups is 1. The minimum Gasteiger partial charge on any atom is -0.339 e. The number of hydrogen-bond acceptors (Lipinski definition) is 3. The van der Waals surface area contributed by atoms with Gasteiger partial charge in [0.1, 0.15) is 0 Å². The fourth-order valence-electron chi connectivity index (χ4n) is 2.80. The Bertz CT molecular complexity index is 680. The van der Waals surface area contributed by atoms with E-state index in [-0.39, 0.29) is 6.04 Å². The number of rotatable bonds is 6. The van der Waals surface area contributed by atoms with Crippen LogP contribution in [0.4, 0.5) is 5.69 Å². The molecule has 1 atom stereocenters. The van der Waals surface area contributed by atoms with Crippen LogP contribution < -0.4 is 5.32 Å². The molecule has 0 aliphatic carbocycles. The van der Waals surface area contributed by atoms with Gasteiger partial charge in [0, 0.05) is 25.0 Å². The van der Waals surface area contributed by atoms with E-state index in [0.29, 0.717) is 0 Å². The van der Waals surface area contributed by atoms with Crippen molar-refractivity contribution in [2.45, 2.75) is 26.8 Å². The highest BCUT2D eigenvalue weighted by atomic mass is 32.1. The lowest BCUT2D eigenvalue weighted by molar-refractivity contribution is 0.286. The zero-order valence-corrected chi connectivity index (χ0v) is 16.6. The molecular weight excluding hydrogens is 328 g/mol. The van der Waals surface area contributed by atoms with E-state index in [9.17, 15) is 0 Å². The first-order chi connectivity index (χ1) is 11.9. The molecule has 2 rings (SSSR count). The Morgan fingerprint density at radius 2 is 1.80 bits per heavy atom. The first-order valence-corrected chi connectivity index (χ1v) is 8.99. The van der Waals surface area contributed by atoms with Gasteiger partial charge in [-0.15, -0.1) is 0 Å². The van der Waals surface area contributed by atoms with E-state index in [0.717, 1.165) is 29.6 Å². The number of benzene rings is 1. The molecule has 1 aromatic carbocycles. The molecule has 1 unspecified atom stereocenters. The molecule has 1 aromatic heterocycles. The van der Waals surface area contributed by atoms with Crippen molar-refractivity contribution in [3.63, 3.8) is 0 Å². The molecule has 25 heavy (non-hydrogen) atoms. The summed E-state index contributed by atoms with van der Waals surface area (Å²) in [4.78, 5) is 8.87. The predicted molar refractivity (Wildman–Crippen MR) is 110 cm³/mol. The van der Waals surface area contributed by atoms with Crippen LogP contribution in [0.2, 0.25) is 0 Å². The van der Waals surface area contributed by atoms with E-state index in [2.05, 4.69) is 73.2 Å². The van der Waals surface area contributed by atoms with Gasteiger partial charge in [-0.25, -0.2) is 0 Å². The van der Waals surface area contributed by atoms with Gasteiger partial charge < -0.3 is 15.1 Å². The smallest absolute Gasteiger partial charge is 0.174 e. The van der Waals surface area contributed by atoms with Crippen molar-refractivity contribution in [1.29, 1.82) is 0 Å². The minimum atomic E-state index is 0.104. The molecular formula is C20H28N4S. The molecule has 1 N–H and O–H groups in total. The fourth-order valence-corrected chi connectivity index (χ4v) is 3.17. The summed E-state index contributed by atoms with van der Waals surface area (Å²) in [6.45, 7) is 8.10. The summed E-state index contributed by atoms with van der Waals surface area (Å²) in [6.07, 6.45) is 1.83. The van der Waals surface area contributed by atoms with Crippen LogP contribution in [0.1, 0.15) is 29.8 Å². The molecule has 0 fully saturated rings. The number of nitrogens with zero attached hydrogens (tertiary/aromatic N) is 3. The monoisotopic (exact) mass is 356 g/mol. The summed E-state index contributed by atoms with van der Waals surface area (Å²) in [5.41, 5.74) is 4.50. The van der Waals surface area contributed by atoms with Crippen LogP contribution in [0.5, 0.6) is 0 Å². The maximum atomic E-state index is 5.74. The predicted octanol–water partition coefficient (Wildman–Crippen LogP) is 4.02. The van der Waals surface area contributed by atoms with Crippen LogP contribution in [-0.4, -0.2) is 47.1 Å². The lowest BCUT2D eigenvalue weighted by Crippen LogP contribution is -2.41. The van der Waals surface area contributed by atoms with Crippen molar-refractivity contribution in [3.8, 4) is 0 Å². The molecule has 1 heterocycles. The number of anilines is 1. The van der Waals surface area contributed by atoms with E-state index in [1.807, 2.05) is 24.4 Å². The van der Waals surface area contributed by atoms with Gasteiger partial charge in [0.25, 0.3) is 0 Å². The van der Waals surface area contributed by atoms with Crippen LogP contribution in [-0.2, 0) is 0 Å². The van der Waals surface area contributed by atoms with Crippen LogP contribution in [0.25, 0.3) is 0 Å². The molecule has 0 saturated carbocycles. The lowest BCUT2D eigenvalue weighted by atomic mass is 10.1. The van der Waals surface area contributed by atoms with Crippen molar-refractivity contribution in [2.24, 2.45) is 0 Å². The summed E-state index contributed by atoms with van der Waals surface area (Å²) in [5.74, 6) is 0. The van der Waals surface area contributed by atoms with Crippen molar-refractivity contribution < 1.29 is 0 Å². The average Bonchev–Trinajstić information content (AvgIpc) is 2.54. The minimum absolute atomic E-state index is 0.104. The highest BCUT2D eigenvalue weighted by molar-refractivity contribution is 7.80. The summed E-state index contributed by atoms with van der Waals surface area (Å²) >= 11 is 5.74. The quantitative estimate of drug-likeness (QED) is 0.790. The van der Waals surface area contributed by atoms with Crippen molar-refractivity contribution in [2.75, 3.05) is 32.5 Å². The maximum Gasteiger partial charge on any atom is 0.174 e. The third-order valence-corrected chi connectivity index (χ3v) is 4.44. The third kappa shape index (κ3) is 5.80. The normalized spacial score (nSPS) is 12.1. The molecule has 134 valence electrons. The molecule has 0 aliphatic rings. The number of pyridine rings is 1. The largest absolute Gasteiger partial charge is 0.339 e. The highest BCUT2D eigenvalue weighted by Crippen LogP contribution is 2.20. The van der Waals surface area contributed by atoms with Gasteiger partial charge in [-0.2, -0.15) is 0 Å². The van der Waals surface area contributed by atoms with Gasteiger partial charge in [-0.3, -0.25) is 4.98 Å². The third-order valence-electron chi connectivity index (χ3n) is 4.11. The number of aryl methyl sites for hydroxylation is 2. The summed E-state index contributed by atoms with van der Waals surface area (Å²) in [6, 6.07) is 12.5. The number of hydrogen-bond donors (Lipinski definition) is 1. The Balaban J connectivity index is 2.19. The maximum absolute atomic E-state index is 5.74. The molecule has 0 radical (unpaired) electrons. The topological polar surface area (TPSA) is 31.4 Å². The van der Waals surface area contributed by atoms with Gasteiger partial charge in [0.15, 0.2) is 5.11 Å². The number of likely N-dealkylation sites (N-methyl/N-ethyl adjacent to an activating group) is 1. The van der Waals surface area contributed by atoms with Crippen molar-refractivity contribution >= 4 is 23.0 Å². The second-order valence-electron chi connectivity index (χ2n) is 6.73. The van der Waals surface area contributed by atoms with Gasteiger partial charge in [-0.1, -0.05) is 12.1 Å². The average molecular weight is 357 g/mol. The summed E-state index contributed by atoms with van der Waals surface area (Å²) in [5, 5.41) is 4.14. The molecule has 0 spiro atoms. The molecule has 0 aliphatic heterocycles. The van der Waals surface area contributed by atoms with Gasteiger partial charge in [0.2, 0.25) is 0 Å². The molecule has 0 amide bonds. The van der Waals surface area contributed by atoms with Gasteiger partial charge >= 0.3 is 0 Å². The van der Waals surface area contributed by atoms with E-state index in [1.165, 1.54) is 11.1 Å². The van der Waals surface area contributed by atoms with Crippen molar-refractivity contribution in [3.05, 3.63) is 59.4 Å². The molecule has 4 nitrogen and oxygen atoms in total. The molecule has 0 bridgehead atoms. The first-order valence-electron chi connectivity index (χ1n) is 8.58. The van der Waals surface area contributed by atoms with Crippen LogP contribution in [0.15, 0.2) is 42.6 Å². The van der Waals surface area contributed by atoms with E-state index in [4.69, 9.17) is 12.2 Å². The Kier molecular flexibility index (Phi) is 6.91. The van der Waals surface area contributed by atoms with Crippen LogP contribution >= 0.6 is 12.2 Å². The second-order valence-corrected chi connectivity index (χ2v) is 7.12. The number of aromatic nitrogens is 1. The van der Waals surface area contributed by atoms with E-state index < -0.39 is 0 Å². The van der Waals surface area contributed by atoms with Crippen LogP contribution in [0, 0.1) is 13.8 Å². The molecule has 5 heteroatoms.